The highest BCUT2D eigenvalue weighted by Gasteiger charge is 2.33. The van der Waals surface area contributed by atoms with Gasteiger partial charge < -0.3 is 10.1 Å². The van der Waals surface area contributed by atoms with Gasteiger partial charge >= 0.3 is 12.8 Å². The Kier molecular flexibility index (Phi) is 5.00. The van der Waals surface area contributed by atoms with E-state index in [0.29, 0.717) is 12.1 Å². The van der Waals surface area contributed by atoms with Gasteiger partial charge in [0.05, 0.1) is 5.69 Å². The molecular weight excluding hydrogens is 344 g/mol. The maximum absolute atomic E-state index is 13.0. The van der Waals surface area contributed by atoms with E-state index in [9.17, 15) is 31.1 Å². The number of alkyl halides is 5. The number of aromatic nitrogens is 2. The first kappa shape index (κ1) is 17.6. The number of carbonyl (C=O) groups excluding carboxylic acids is 1. The summed E-state index contributed by atoms with van der Waals surface area (Å²) in [6, 6.07) is 3.19. The van der Waals surface area contributed by atoms with Crippen molar-refractivity contribution in [3.8, 4) is 5.75 Å². The number of hydrogen-bond donors (Lipinski definition) is 1. The molecule has 0 radical (unpaired) electrons. The van der Waals surface area contributed by atoms with Gasteiger partial charge in [-0.3, -0.25) is 9.48 Å². The molecule has 1 N–H and O–H groups in total. The number of benzene rings is 1. The van der Waals surface area contributed by atoms with Crippen molar-refractivity contribution < 1.29 is 35.9 Å². The third kappa shape index (κ3) is 4.64. The van der Waals surface area contributed by atoms with Crippen LogP contribution in [-0.4, -0.2) is 22.3 Å². The minimum absolute atomic E-state index is 0.259. The Morgan fingerprint density at radius 1 is 1.29 bits per heavy atom. The first-order valence-corrected chi connectivity index (χ1v) is 6.30. The third-order valence-corrected chi connectivity index (χ3v) is 2.67. The molecule has 5 nitrogen and oxygen atoms in total. The van der Waals surface area contributed by atoms with Gasteiger partial charge in [0.15, 0.2) is 11.4 Å². The highest BCUT2D eigenvalue weighted by Crippen LogP contribution is 2.28. The van der Waals surface area contributed by atoms with Gasteiger partial charge in [-0.25, -0.2) is 4.39 Å². The van der Waals surface area contributed by atoms with Crippen molar-refractivity contribution in [1.29, 1.82) is 0 Å². The van der Waals surface area contributed by atoms with E-state index in [-0.39, 0.29) is 5.69 Å². The van der Waals surface area contributed by atoms with Crippen LogP contribution in [0, 0.1) is 5.82 Å². The number of nitrogens with one attached hydrogen (secondary N) is 1. The molecule has 0 aliphatic rings. The van der Waals surface area contributed by atoms with E-state index in [1.165, 1.54) is 0 Å². The second kappa shape index (κ2) is 6.81. The van der Waals surface area contributed by atoms with E-state index < -0.39 is 42.5 Å². The molecule has 24 heavy (non-hydrogen) atoms. The molecule has 2 rings (SSSR count). The molecule has 1 aromatic carbocycles. The SMILES string of the molecule is O=C(Cn1ccc(C(F)(F)F)n1)Nc1ccc(F)cc1OC(F)F. The summed E-state index contributed by atoms with van der Waals surface area (Å²) in [6.45, 7) is -3.86. The van der Waals surface area contributed by atoms with Crippen LogP contribution in [0.1, 0.15) is 5.69 Å². The van der Waals surface area contributed by atoms with Crippen molar-refractivity contribution in [3.05, 3.63) is 42.0 Å². The van der Waals surface area contributed by atoms with E-state index in [0.717, 1.165) is 23.0 Å². The number of ether oxygens (including phenoxy) is 1. The zero-order valence-corrected chi connectivity index (χ0v) is 11.6. The van der Waals surface area contributed by atoms with Crippen molar-refractivity contribution in [3.63, 3.8) is 0 Å². The van der Waals surface area contributed by atoms with Crippen LogP contribution in [0.2, 0.25) is 0 Å². The predicted octanol–water partition coefficient (Wildman–Crippen LogP) is 3.28. The van der Waals surface area contributed by atoms with Crippen molar-refractivity contribution >= 4 is 11.6 Å². The van der Waals surface area contributed by atoms with Crippen molar-refractivity contribution in [2.75, 3.05) is 5.32 Å². The lowest BCUT2D eigenvalue weighted by Crippen LogP contribution is -2.20. The zero-order valence-electron chi connectivity index (χ0n) is 11.6. The largest absolute Gasteiger partial charge is 0.435 e. The highest BCUT2D eigenvalue weighted by molar-refractivity contribution is 5.92. The summed E-state index contributed by atoms with van der Waals surface area (Å²) in [5.41, 5.74) is -1.44. The second-order valence-corrected chi connectivity index (χ2v) is 4.46. The first-order valence-electron chi connectivity index (χ1n) is 6.30. The highest BCUT2D eigenvalue weighted by atomic mass is 19.4. The number of halogens is 6. The van der Waals surface area contributed by atoms with E-state index in [1.807, 2.05) is 0 Å². The predicted molar refractivity (Wildman–Crippen MR) is 68.9 cm³/mol. The van der Waals surface area contributed by atoms with Gasteiger partial charge in [0.2, 0.25) is 5.91 Å². The second-order valence-electron chi connectivity index (χ2n) is 4.46. The summed E-state index contributed by atoms with van der Waals surface area (Å²) in [7, 11) is 0. The van der Waals surface area contributed by atoms with E-state index in [2.05, 4.69) is 15.2 Å². The molecule has 0 unspecified atom stereocenters. The van der Waals surface area contributed by atoms with Gasteiger partial charge in [-0.2, -0.15) is 27.1 Å². The molecule has 130 valence electrons. The van der Waals surface area contributed by atoms with Crippen molar-refractivity contribution in [2.24, 2.45) is 0 Å². The summed E-state index contributed by atoms with van der Waals surface area (Å²) in [5, 5.41) is 5.30. The van der Waals surface area contributed by atoms with Crippen molar-refractivity contribution in [1.82, 2.24) is 9.78 Å². The molecule has 1 aromatic heterocycles. The maximum atomic E-state index is 13.0. The molecule has 0 fully saturated rings. The molecule has 2 aromatic rings. The summed E-state index contributed by atoms with van der Waals surface area (Å²) in [4.78, 5) is 11.8. The van der Waals surface area contributed by atoms with E-state index in [4.69, 9.17) is 0 Å². The number of hydrogen-bond acceptors (Lipinski definition) is 3. The molecule has 1 heterocycles. The standard InChI is InChI=1S/C13H9F6N3O2/c14-7-1-2-8(9(5-7)24-12(15)16)20-11(23)6-22-4-3-10(21-22)13(17,18)19/h1-5,12H,6H2,(H,20,23). The smallest absolute Gasteiger partial charge is 0.432 e. The van der Waals surface area contributed by atoms with Gasteiger partial charge in [0, 0.05) is 12.3 Å². The lowest BCUT2D eigenvalue weighted by atomic mass is 10.3. The van der Waals surface area contributed by atoms with E-state index in [1.54, 1.807) is 0 Å². The van der Waals surface area contributed by atoms with Crippen molar-refractivity contribution in [2.45, 2.75) is 19.3 Å². The minimum Gasteiger partial charge on any atom is -0.432 e. The number of rotatable bonds is 5. The molecular formula is C13H9F6N3O2. The summed E-state index contributed by atoms with van der Waals surface area (Å²) in [5.74, 6) is -2.35. The topological polar surface area (TPSA) is 56.2 Å². The average molecular weight is 353 g/mol. The molecule has 0 saturated carbocycles. The maximum Gasteiger partial charge on any atom is 0.435 e. The molecule has 0 aliphatic carbocycles. The summed E-state index contributed by atoms with van der Waals surface area (Å²) >= 11 is 0. The summed E-state index contributed by atoms with van der Waals surface area (Å²) in [6.07, 6.45) is -3.72. The van der Waals surface area contributed by atoms with Gasteiger partial charge in [-0.05, 0) is 18.2 Å². The normalized spacial score (nSPS) is 11.6. The molecule has 0 aliphatic heterocycles. The zero-order chi connectivity index (χ0) is 17.9. The van der Waals surface area contributed by atoms with Crippen LogP contribution in [0.5, 0.6) is 5.75 Å². The number of amides is 1. The quantitative estimate of drug-likeness (QED) is 0.840. The van der Waals surface area contributed by atoms with Crippen LogP contribution in [0.15, 0.2) is 30.5 Å². The minimum atomic E-state index is -4.66. The lowest BCUT2D eigenvalue weighted by molar-refractivity contribution is -0.141. The Morgan fingerprint density at radius 2 is 2.00 bits per heavy atom. The Morgan fingerprint density at radius 3 is 2.58 bits per heavy atom. The molecule has 0 spiro atoms. The van der Waals surface area contributed by atoms with Gasteiger partial charge in [-0.1, -0.05) is 0 Å². The number of nitrogens with zero attached hydrogens (tertiary/aromatic N) is 2. The fourth-order valence-electron chi connectivity index (χ4n) is 1.73. The van der Waals surface area contributed by atoms with Crippen LogP contribution >= 0.6 is 0 Å². The third-order valence-electron chi connectivity index (χ3n) is 2.67. The Bertz CT molecular complexity index is 729. The number of carbonyl (C=O) groups is 1. The lowest BCUT2D eigenvalue weighted by Gasteiger charge is -2.12. The van der Waals surface area contributed by atoms with Crippen LogP contribution < -0.4 is 10.1 Å². The molecule has 1 amide bonds. The van der Waals surface area contributed by atoms with Crippen LogP contribution in [0.4, 0.5) is 32.0 Å². The van der Waals surface area contributed by atoms with E-state index >= 15 is 0 Å². The Balaban J connectivity index is 2.08. The molecule has 0 saturated heterocycles. The Hall–Kier alpha value is -2.72. The van der Waals surface area contributed by atoms with Crippen LogP contribution in [-0.2, 0) is 17.5 Å². The molecule has 11 heteroatoms. The monoisotopic (exact) mass is 353 g/mol. The fourth-order valence-corrected chi connectivity index (χ4v) is 1.73. The van der Waals surface area contributed by atoms with Crippen LogP contribution in [0.3, 0.4) is 0 Å². The molecule has 0 bridgehead atoms. The van der Waals surface area contributed by atoms with Crippen LogP contribution in [0.25, 0.3) is 0 Å². The van der Waals surface area contributed by atoms with Gasteiger partial charge in [-0.15, -0.1) is 0 Å². The first-order chi connectivity index (χ1) is 11.1. The average Bonchev–Trinajstić information content (AvgIpc) is 2.89. The fraction of sp³-hybridized carbons (Fsp3) is 0.231. The summed E-state index contributed by atoms with van der Waals surface area (Å²) < 4.78 is 79.5. The van der Waals surface area contributed by atoms with Gasteiger partial charge in [0.25, 0.3) is 0 Å². The number of anilines is 1. The molecule has 0 atom stereocenters. The Labute approximate surface area is 130 Å². The van der Waals surface area contributed by atoms with Gasteiger partial charge in [0.1, 0.15) is 12.4 Å².